The summed E-state index contributed by atoms with van der Waals surface area (Å²) in [6.07, 6.45) is 1.11. The van der Waals surface area contributed by atoms with E-state index in [0.717, 1.165) is 11.8 Å². The lowest BCUT2D eigenvalue weighted by molar-refractivity contribution is 0.0901. The number of ether oxygens (including phenoxy) is 1. The van der Waals surface area contributed by atoms with Crippen LogP contribution in [0.4, 0.5) is 5.69 Å². The average molecular weight is 507 g/mol. The van der Waals surface area contributed by atoms with Crippen molar-refractivity contribution in [1.29, 1.82) is 0 Å². The fourth-order valence-corrected chi connectivity index (χ4v) is 4.56. The van der Waals surface area contributed by atoms with Crippen LogP contribution in [-0.2, 0) is 27.9 Å². The van der Waals surface area contributed by atoms with Crippen LogP contribution in [0.5, 0.6) is 0 Å². The molecule has 9 heteroatoms. The molecule has 0 aliphatic carbocycles. The third-order valence-electron chi connectivity index (χ3n) is 4.76. The number of nitrogens with one attached hydrogen (secondary N) is 1. The monoisotopic (exact) mass is 506 g/mol. The minimum absolute atomic E-state index is 0.0649. The second-order valence-electron chi connectivity index (χ2n) is 7.36. The molecular formula is C24H24Cl2N2O4S. The summed E-state index contributed by atoms with van der Waals surface area (Å²) in [4.78, 5) is 12.4. The Hall–Kier alpha value is -2.58. The van der Waals surface area contributed by atoms with Gasteiger partial charge in [0.15, 0.2) is 0 Å². The molecule has 0 aliphatic rings. The van der Waals surface area contributed by atoms with Gasteiger partial charge in [0, 0.05) is 17.1 Å². The number of benzene rings is 3. The van der Waals surface area contributed by atoms with Crippen molar-refractivity contribution in [2.24, 2.45) is 0 Å². The number of carbonyl (C=O) groups excluding carboxylic acids is 1. The van der Waals surface area contributed by atoms with Gasteiger partial charge in [-0.1, -0.05) is 65.7 Å². The van der Waals surface area contributed by atoms with E-state index in [1.807, 2.05) is 30.3 Å². The molecule has 0 aliphatic heterocycles. The smallest absolute Gasteiger partial charge is 0.251 e. The van der Waals surface area contributed by atoms with E-state index in [0.29, 0.717) is 41.6 Å². The number of rotatable bonds is 10. The van der Waals surface area contributed by atoms with Crippen molar-refractivity contribution in [2.75, 3.05) is 23.7 Å². The van der Waals surface area contributed by atoms with Crippen LogP contribution in [0.1, 0.15) is 21.5 Å². The Morgan fingerprint density at radius 1 is 0.970 bits per heavy atom. The first-order chi connectivity index (χ1) is 15.7. The fraction of sp³-hybridized carbons (Fsp3) is 0.208. The summed E-state index contributed by atoms with van der Waals surface area (Å²) in [6, 6.07) is 21.2. The SMILES string of the molecule is CS(=O)(=O)N(Cc1ccc(C(=O)NCCOCc2ccccc2)cc1)c1ccc(Cl)cc1Cl. The quantitative estimate of drug-likeness (QED) is 0.396. The Morgan fingerprint density at radius 2 is 1.67 bits per heavy atom. The predicted octanol–water partition coefficient (Wildman–Crippen LogP) is 4.91. The van der Waals surface area contributed by atoms with Crippen LogP contribution in [0.25, 0.3) is 0 Å². The number of sulfonamides is 1. The lowest BCUT2D eigenvalue weighted by Gasteiger charge is -2.23. The molecule has 0 aromatic heterocycles. The molecule has 174 valence electrons. The van der Waals surface area contributed by atoms with Crippen molar-refractivity contribution in [3.05, 3.63) is 99.5 Å². The van der Waals surface area contributed by atoms with Crippen molar-refractivity contribution in [3.8, 4) is 0 Å². The molecule has 0 radical (unpaired) electrons. The Balaban J connectivity index is 1.56. The van der Waals surface area contributed by atoms with E-state index >= 15 is 0 Å². The number of nitrogens with zero attached hydrogens (tertiary/aromatic N) is 1. The molecule has 1 N–H and O–H groups in total. The van der Waals surface area contributed by atoms with Crippen LogP contribution in [-0.4, -0.2) is 33.7 Å². The Morgan fingerprint density at radius 3 is 2.30 bits per heavy atom. The van der Waals surface area contributed by atoms with Crippen LogP contribution in [0, 0.1) is 0 Å². The zero-order valence-electron chi connectivity index (χ0n) is 18.0. The number of hydrogen-bond acceptors (Lipinski definition) is 4. The van der Waals surface area contributed by atoms with Gasteiger partial charge in [-0.2, -0.15) is 0 Å². The number of amides is 1. The highest BCUT2D eigenvalue weighted by atomic mass is 35.5. The highest BCUT2D eigenvalue weighted by Gasteiger charge is 2.21. The second-order valence-corrected chi connectivity index (χ2v) is 10.1. The van der Waals surface area contributed by atoms with Crippen LogP contribution >= 0.6 is 23.2 Å². The van der Waals surface area contributed by atoms with Crippen LogP contribution in [0.3, 0.4) is 0 Å². The molecule has 0 saturated carbocycles. The van der Waals surface area contributed by atoms with Crippen molar-refractivity contribution in [2.45, 2.75) is 13.2 Å². The fourth-order valence-electron chi connectivity index (χ4n) is 3.10. The van der Waals surface area contributed by atoms with Crippen molar-refractivity contribution in [1.82, 2.24) is 5.32 Å². The van der Waals surface area contributed by atoms with E-state index < -0.39 is 10.0 Å². The molecule has 0 unspecified atom stereocenters. The third-order valence-corrected chi connectivity index (χ3v) is 6.43. The summed E-state index contributed by atoms with van der Waals surface area (Å²) in [5.74, 6) is -0.231. The van der Waals surface area contributed by atoms with Gasteiger partial charge in [0.05, 0.1) is 36.7 Å². The molecule has 3 aromatic rings. The first-order valence-electron chi connectivity index (χ1n) is 10.2. The summed E-state index contributed by atoms with van der Waals surface area (Å²) in [5.41, 5.74) is 2.58. The minimum atomic E-state index is -3.60. The lowest BCUT2D eigenvalue weighted by atomic mass is 10.1. The minimum Gasteiger partial charge on any atom is -0.375 e. The lowest BCUT2D eigenvalue weighted by Crippen LogP contribution is -2.29. The molecule has 0 bridgehead atoms. The molecule has 3 aromatic carbocycles. The van der Waals surface area contributed by atoms with Gasteiger partial charge in [-0.05, 0) is 41.5 Å². The highest BCUT2D eigenvalue weighted by Crippen LogP contribution is 2.31. The average Bonchev–Trinajstić information content (AvgIpc) is 2.78. The van der Waals surface area contributed by atoms with Crippen molar-refractivity contribution < 1.29 is 17.9 Å². The zero-order chi connectivity index (χ0) is 23.8. The number of halogens is 2. The van der Waals surface area contributed by atoms with Gasteiger partial charge in [-0.25, -0.2) is 8.42 Å². The highest BCUT2D eigenvalue weighted by molar-refractivity contribution is 7.92. The third kappa shape index (κ3) is 7.47. The van der Waals surface area contributed by atoms with E-state index in [2.05, 4.69) is 5.32 Å². The molecule has 0 fully saturated rings. The van der Waals surface area contributed by atoms with E-state index in [4.69, 9.17) is 27.9 Å². The topological polar surface area (TPSA) is 75.7 Å². The van der Waals surface area contributed by atoms with Gasteiger partial charge in [-0.15, -0.1) is 0 Å². The molecule has 33 heavy (non-hydrogen) atoms. The summed E-state index contributed by atoms with van der Waals surface area (Å²) >= 11 is 12.1. The number of hydrogen-bond donors (Lipinski definition) is 1. The molecule has 0 spiro atoms. The maximum atomic E-state index is 12.4. The molecule has 0 saturated heterocycles. The molecule has 3 rings (SSSR count). The molecular weight excluding hydrogens is 483 g/mol. The molecule has 0 heterocycles. The molecule has 1 amide bonds. The molecule has 6 nitrogen and oxygen atoms in total. The standard InChI is InChI=1S/C24H24Cl2N2O4S/c1-33(30,31)28(23-12-11-21(25)15-22(23)26)16-18-7-9-20(10-8-18)24(29)27-13-14-32-17-19-5-3-2-4-6-19/h2-12,15H,13-14,16-17H2,1H3,(H,27,29). The number of anilines is 1. The second kappa shape index (κ2) is 11.5. The Bertz CT molecular complexity index is 1190. The predicted molar refractivity (Wildman–Crippen MR) is 132 cm³/mol. The van der Waals surface area contributed by atoms with Gasteiger partial charge >= 0.3 is 0 Å². The summed E-state index contributed by atoms with van der Waals surface area (Å²) in [5, 5.41) is 3.46. The van der Waals surface area contributed by atoms with Gasteiger partial charge in [0.1, 0.15) is 0 Å². The maximum Gasteiger partial charge on any atom is 0.251 e. The normalized spacial score (nSPS) is 11.2. The van der Waals surface area contributed by atoms with E-state index in [9.17, 15) is 13.2 Å². The van der Waals surface area contributed by atoms with Crippen LogP contribution in [0.2, 0.25) is 10.0 Å². The zero-order valence-corrected chi connectivity index (χ0v) is 20.3. The van der Waals surface area contributed by atoms with Gasteiger partial charge in [-0.3, -0.25) is 9.10 Å². The Kier molecular flexibility index (Phi) is 8.74. The van der Waals surface area contributed by atoms with Gasteiger partial charge < -0.3 is 10.1 Å². The largest absolute Gasteiger partial charge is 0.375 e. The first-order valence-corrected chi connectivity index (χ1v) is 12.8. The Labute approximate surface area is 204 Å². The van der Waals surface area contributed by atoms with E-state index in [1.165, 1.54) is 10.4 Å². The maximum absolute atomic E-state index is 12.4. The van der Waals surface area contributed by atoms with Crippen LogP contribution in [0.15, 0.2) is 72.8 Å². The summed E-state index contributed by atoms with van der Waals surface area (Å²) in [6.45, 7) is 1.32. The first kappa shape index (κ1) is 25.1. The van der Waals surface area contributed by atoms with Crippen molar-refractivity contribution in [3.63, 3.8) is 0 Å². The van der Waals surface area contributed by atoms with Crippen molar-refractivity contribution >= 4 is 44.8 Å². The summed E-state index contributed by atoms with van der Waals surface area (Å²) < 4.78 is 31.5. The summed E-state index contributed by atoms with van der Waals surface area (Å²) in [7, 11) is -3.60. The van der Waals surface area contributed by atoms with Gasteiger partial charge in [0.2, 0.25) is 10.0 Å². The van der Waals surface area contributed by atoms with E-state index in [-0.39, 0.29) is 17.5 Å². The van der Waals surface area contributed by atoms with Crippen LogP contribution < -0.4 is 9.62 Å². The molecule has 0 atom stereocenters. The van der Waals surface area contributed by atoms with Gasteiger partial charge in [0.25, 0.3) is 5.91 Å². The van der Waals surface area contributed by atoms with E-state index in [1.54, 1.807) is 36.4 Å². The number of carbonyl (C=O) groups is 1.